The van der Waals surface area contributed by atoms with Crippen LogP contribution in [-0.2, 0) is 16.5 Å². The zero-order valence-electron chi connectivity index (χ0n) is 13.1. The molecule has 1 heterocycles. The summed E-state index contributed by atoms with van der Waals surface area (Å²) in [5.74, 6) is 0.272. The quantitative estimate of drug-likeness (QED) is 0.778. The first-order valence-electron chi connectivity index (χ1n) is 7.26. The molecule has 1 fully saturated rings. The number of carbonyl (C=O) groups is 1. The van der Waals surface area contributed by atoms with E-state index in [9.17, 15) is 4.79 Å². The lowest BCUT2D eigenvalue weighted by Crippen LogP contribution is -2.56. The Morgan fingerprint density at radius 1 is 1.45 bits per heavy atom. The Labute approximate surface area is 121 Å². The first kappa shape index (κ1) is 15.1. The van der Waals surface area contributed by atoms with E-state index >= 15 is 0 Å². The van der Waals surface area contributed by atoms with Gasteiger partial charge in [0.1, 0.15) is 11.8 Å². The highest BCUT2D eigenvalue weighted by Crippen LogP contribution is 2.45. The number of nitrogens with zero attached hydrogens (tertiary/aromatic N) is 1. The van der Waals surface area contributed by atoms with Crippen molar-refractivity contribution in [2.75, 3.05) is 6.61 Å². The van der Waals surface area contributed by atoms with Gasteiger partial charge in [-0.3, -0.25) is 0 Å². The Morgan fingerprint density at radius 3 is 2.65 bits per heavy atom. The van der Waals surface area contributed by atoms with Crippen LogP contribution in [0.25, 0.3) is 0 Å². The van der Waals surface area contributed by atoms with E-state index in [1.165, 1.54) is 0 Å². The van der Waals surface area contributed by atoms with E-state index in [-0.39, 0.29) is 23.6 Å². The fourth-order valence-corrected chi connectivity index (χ4v) is 2.50. The summed E-state index contributed by atoms with van der Waals surface area (Å²) in [4.78, 5) is 12.1. The average molecular weight is 279 g/mol. The van der Waals surface area contributed by atoms with Crippen LogP contribution in [0.3, 0.4) is 0 Å². The van der Waals surface area contributed by atoms with Gasteiger partial charge in [-0.15, -0.1) is 0 Å². The Hall–Kier alpha value is -1.29. The van der Waals surface area contributed by atoms with Gasteiger partial charge in [0.25, 0.3) is 0 Å². The monoisotopic (exact) mass is 279 g/mol. The SMILES string of the molecule is CC(C)COC1CC(OC(=O)c2cccn2C)C1(C)C. The first-order valence-corrected chi connectivity index (χ1v) is 7.26. The predicted octanol–water partition coefficient (Wildman–Crippen LogP) is 3.02. The maximum Gasteiger partial charge on any atom is 0.355 e. The van der Waals surface area contributed by atoms with Crippen molar-refractivity contribution < 1.29 is 14.3 Å². The van der Waals surface area contributed by atoms with E-state index in [1.807, 2.05) is 19.3 Å². The lowest BCUT2D eigenvalue weighted by Gasteiger charge is -2.50. The van der Waals surface area contributed by atoms with Crippen molar-refractivity contribution in [3.63, 3.8) is 0 Å². The standard InChI is InChI=1S/C16H25NO3/c1-11(2)10-19-13-9-14(16(13,3)4)20-15(18)12-7-6-8-17(12)5/h6-8,11,13-14H,9-10H2,1-5H3. The highest BCUT2D eigenvalue weighted by Gasteiger charge is 2.51. The van der Waals surface area contributed by atoms with Crippen LogP contribution in [-0.4, -0.2) is 29.4 Å². The number of carbonyl (C=O) groups excluding carboxylic acids is 1. The summed E-state index contributed by atoms with van der Waals surface area (Å²) in [6.07, 6.45) is 2.74. The first-order chi connectivity index (χ1) is 9.32. The van der Waals surface area contributed by atoms with Crippen LogP contribution in [0.2, 0.25) is 0 Å². The van der Waals surface area contributed by atoms with E-state index < -0.39 is 0 Å². The van der Waals surface area contributed by atoms with Gasteiger partial charge in [0.05, 0.1) is 6.10 Å². The molecule has 0 radical (unpaired) electrons. The summed E-state index contributed by atoms with van der Waals surface area (Å²) < 4.78 is 13.3. The maximum absolute atomic E-state index is 12.1. The van der Waals surface area contributed by atoms with Crippen molar-refractivity contribution in [2.45, 2.75) is 46.3 Å². The summed E-state index contributed by atoms with van der Waals surface area (Å²) in [5.41, 5.74) is 0.475. The normalized spacial score (nSPS) is 24.5. The molecule has 2 atom stereocenters. The Morgan fingerprint density at radius 2 is 2.15 bits per heavy atom. The fourth-order valence-electron chi connectivity index (χ4n) is 2.50. The maximum atomic E-state index is 12.1. The topological polar surface area (TPSA) is 40.5 Å². The average Bonchev–Trinajstić information content (AvgIpc) is 2.78. The zero-order chi connectivity index (χ0) is 14.9. The number of aryl methyl sites for hydroxylation is 1. The number of hydrogen-bond acceptors (Lipinski definition) is 3. The fraction of sp³-hybridized carbons (Fsp3) is 0.688. The highest BCUT2D eigenvalue weighted by atomic mass is 16.6. The van der Waals surface area contributed by atoms with Gasteiger partial charge in [-0.2, -0.15) is 0 Å². The van der Waals surface area contributed by atoms with E-state index in [0.29, 0.717) is 11.6 Å². The summed E-state index contributed by atoms with van der Waals surface area (Å²) in [6, 6.07) is 3.62. The number of hydrogen-bond donors (Lipinski definition) is 0. The number of aromatic nitrogens is 1. The highest BCUT2D eigenvalue weighted by molar-refractivity contribution is 5.87. The molecule has 20 heavy (non-hydrogen) atoms. The van der Waals surface area contributed by atoms with Crippen LogP contribution in [0.1, 0.15) is 44.6 Å². The van der Waals surface area contributed by atoms with Crippen LogP contribution >= 0.6 is 0 Å². The van der Waals surface area contributed by atoms with Crippen molar-refractivity contribution in [1.82, 2.24) is 4.57 Å². The van der Waals surface area contributed by atoms with E-state index in [4.69, 9.17) is 9.47 Å². The molecule has 1 aliphatic rings. The molecular weight excluding hydrogens is 254 g/mol. The molecule has 0 amide bonds. The van der Waals surface area contributed by atoms with Crippen molar-refractivity contribution in [3.05, 3.63) is 24.0 Å². The molecular formula is C16H25NO3. The number of rotatable bonds is 5. The van der Waals surface area contributed by atoms with Gasteiger partial charge < -0.3 is 14.0 Å². The zero-order valence-corrected chi connectivity index (χ0v) is 13.1. The van der Waals surface area contributed by atoms with E-state index in [1.54, 1.807) is 10.6 Å². The summed E-state index contributed by atoms with van der Waals surface area (Å²) in [5, 5.41) is 0. The molecule has 0 spiro atoms. The third-order valence-corrected chi connectivity index (χ3v) is 4.12. The van der Waals surface area contributed by atoms with Gasteiger partial charge in [-0.05, 0) is 18.1 Å². The van der Waals surface area contributed by atoms with Gasteiger partial charge in [-0.1, -0.05) is 27.7 Å². The van der Waals surface area contributed by atoms with Crippen LogP contribution in [0.15, 0.2) is 18.3 Å². The third kappa shape index (κ3) is 2.90. The molecule has 4 heteroatoms. The van der Waals surface area contributed by atoms with Gasteiger partial charge in [0, 0.05) is 31.7 Å². The Kier molecular flexibility index (Phi) is 4.23. The van der Waals surface area contributed by atoms with Crippen molar-refractivity contribution in [3.8, 4) is 0 Å². The number of ether oxygens (including phenoxy) is 2. The van der Waals surface area contributed by atoms with Crippen molar-refractivity contribution in [1.29, 1.82) is 0 Å². The minimum Gasteiger partial charge on any atom is -0.457 e. The molecule has 0 N–H and O–H groups in total. The lowest BCUT2D eigenvalue weighted by molar-refractivity contribution is -0.180. The molecule has 1 aromatic heterocycles. The summed E-state index contributed by atoms with van der Waals surface area (Å²) >= 11 is 0. The molecule has 112 valence electrons. The van der Waals surface area contributed by atoms with Crippen LogP contribution in [0, 0.1) is 11.3 Å². The second kappa shape index (κ2) is 5.60. The van der Waals surface area contributed by atoms with Gasteiger partial charge >= 0.3 is 5.97 Å². The van der Waals surface area contributed by atoms with Crippen LogP contribution in [0.4, 0.5) is 0 Å². The molecule has 4 nitrogen and oxygen atoms in total. The predicted molar refractivity (Wildman–Crippen MR) is 77.6 cm³/mol. The summed E-state index contributed by atoms with van der Waals surface area (Å²) in [7, 11) is 1.84. The Balaban J connectivity index is 1.90. The number of esters is 1. The second-order valence-corrected chi connectivity index (χ2v) is 6.67. The van der Waals surface area contributed by atoms with E-state index in [2.05, 4.69) is 27.7 Å². The molecule has 1 saturated carbocycles. The molecule has 2 rings (SSSR count). The molecule has 0 saturated heterocycles. The van der Waals surface area contributed by atoms with Gasteiger partial charge in [-0.25, -0.2) is 4.79 Å². The minimum atomic E-state index is -0.252. The largest absolute Gasteiger partial charge is 0.457 e. The summed E-state index contributed by atoms with van der Waals surface area (Å²) in [6.45, 7) is 9.23. The molecule has 1 aromatic rings. The molecule has 1 aliphatic carbocycles. The van der Waals surface area contributed by atoms with Gasteiger partial charge in [0.15, 0.2) is 0 Å². The van der Waals surface area contributed by atoms with Crippen LogP contribution in [0.5, 0.6) is 0 Å². The van der Waals surface area contributed by atoms with Crippen LogP contribution < -0.4 is 0 Å². The molecule has 2 unspecified atom stereocenters. The smallest absolute Gasteiger partial charge is 0.355 e. The minimum absolute atomic E-state index is 0.0675. The van der Waals surface area contributed by atoms with E-state index in [0.717, 1.165) is 13.0 Å². The second-order valence-electron chi connectivity index (χ2n) is 6.67. The van der Waals surface area contributed by atoms with Crippen molar-refractivity contribution >= 4 is 5.97 Å². The van der Waals surface area contributed by atoms with Crippen molar-refractivity contribution in [2.24, 2.45) is 18.4 Å². The molecule has 0 bridgehead atoms. The Bertz CT molecular complexity index is 476. The molecule has 0 aliphatic heterocycles. The van der Waals surface area contributed by atoms with Gasteiger partial charge in [0.2, 0.25) is 0 Å². The third-order valence-electron chi connectivity index (χ3n) is 4.12. The lowest BCUT2D eigenvalue weighted by atomic mass is 9.66. The molecule has 0 aromatic carbocycles.